The quantitative estimate of drug-likeness (QED) is 0.894. The first-order valence-electron chi connectivity index (χ1n) is 5.82. The summed E-state index contributed by atoms with van der Waals surface area (Å²) in [4.78, 5) is 1.21. The first-order chi connectivity index (χ1) is 9.08. The third-order valence-electron chi connectivity index (χ3n) is 3.04. The molecule has 0 spiro atoms. The molecule has 0 aliphatic rings. The van der Waals surface area contributed by atoms with Gasteiger partial charge in [-0.2, -0.15) is 0 Å². The van der Waals surface area contributed by atoms with Gasteiger partial charge in [0.15, 0.2) is 0 Å². The first kappa shape index (κ1) is 14.5. The van der Waals surface area contributed by atoms with Gasteiger partial charge >= 0.3 is 0 Å². The topological polar surface area (TPSA) is 21.3 Å². The molecule has 0 aliphatic heterocycles. The Kier molecular flexibility index (Phi) is 4.60. The lowest BCUT2D eigenvalue weighted by Crippen LogP contribution is -2.18. The molecule has 0 amide bonds. The average Bonchev–Trinajstić information content (AvgIpc) is 2.81. The third kappa shape index (κ3) is 2.83. The Labute approximate surface area is 124 Å². The van der Waals surface area contributed by atoms with Crippen molar-refractivity contribution in [2.24, 2.45) is 0 Å². The highest BCUT2D eigenvalue weighted by Crippen LogP contribution is 2.36. The molecule has 1 unspecified atom stereocenters. The molecule has 102 valence electrons. The molecule has 2 nitrogen and oxygen atoms in total. The molecular formula is C14H15BrFNOS. The molecule has 19 heavy (non-hydrogen) atoms. The van der Waals surface area contributed by atoms with Crippen LogP contribution >= 0.6 is 27.3 Å². The summed E-state index contributed by atoms with van der Waals surface area (Å²) in [5.74, 6) is 0.228. The number of ether oxygens (including phenoxy) is 1. The summed E-state index contributed by atoms with van der Waals surface area (Å²) in [7, 11) is 3.45. The van der Waals surface area contributed by atoms with Crippen LogP contribution < -0.4 is 10.1 Å². The van der Waals surface area contributed by atoms with Crippen LogP contribution in [0.5, 0.6) is 5.75 Å². The number of halogens is 2. The fraction of sp³-hybridized carbons (Fsp3) is 0.286. The van der Waals surface area contributed by atoms with Crippen molar-refractivity contribution >= 4 is 27.3 Å². The van der Waals surface area contributed by atoms with Crippen LogP contribution in [-0.4, -0.2) is 14.2 Å². The summed E-state index contributed by atoms with van der Waals surface area (Å²) < 4.78 is 19.3. The zero-order valence-corrected chi connectivity index (χ0v) is 13.4. The SMILES string of the molecule is CNC(c1cc(Br)c(F)cc1OC)c1sccc1C. The zero-order chi connectivity index (χ0) is 14.0. The molecule has 2 rings (SSSR count). The summed E-state index contributed by atoms with van der Waals surface area (Å²) >= 11 is 4.91. The number of hydrogen-bond acceptors (Lipinski definition) is 3. The maximum absolute atomic E-state index is 13.6. The van der Waals surface area contributed by atoms with E-state index >= 15 is 0 Å². The zero-order valence-electron chi connectivity index (χ0n) is 11.0. The minimum absolute atomic E-state index is 0.00755. The molecule has 1 heterocycles. The second kappa shape index (κ2) is 6.03. The standard InChI is InChI=1S/C14H15BrFNOS/c1-8-4-5-19-14(8)13(17-2)9-6-10(15)11(16)7-12(9)18-3/h4-7,13,17H,1-3H3. The van der Waals surface area contributed by atoms with Gasteiger partial charge < -0.3 is 10.1 Å². The summed E-state index contributed by atoms with van der Waals surface area (Å²) in [5.41, 5.74) is 2.13. The predicted octanol–water partition coefficient (Wildman–Crippen LogP) is 4.28. The van der Waals surface area contributed by atoms with Gasteiger partial charge in [-0.1, -0.05) is 0 Å². The van der Waals surface area contributed by atoms with Crippen LogP contribution in [0, 0.1) is 12.7 Å². The minimum Gasteiger partial charge on any atom is -0.496 e. The van der Waals surface area contributed by atoms with E-state index in [4.69, 9.17) is 4.74 Å². The Bertz CT molecular complexity index is 585. The maximum Gasteiger partial charge on any atom is 0.141 e. The number of hydrogen-bond donors (Lipinski definition) is 1. The monoisotopic (exact) mass is 343 g/mol. The molecule has 0 radical (unpaired) electrons. The van der Waals surface area contributed by atoms with E-state index in [-0.39, 0.29) is 11.9 Å². The predicted molar refractivity (Wildman–Crippen MR) is 80.6 cm³/mol. The molecule has 0 aliphatic carbocycles. The van der Waals surface area contributed by atoms with Gasteiger partial charge in [0.05, 0.1) is 17.6 Å². The van der Waals surface area contributed by atoms with Crippen molar-refractivity contribution in [3.05, 3.63) is 49.9 Å². The second-order valence-corrected chi connectivity index (χ2v) is 6.00. The van der Waals surface area contributed by atoms with Crippen molar-refractivity contribution < 1.29 is 9.13 Å². The van der Waals surface area contributed by atoms with Gasteiger partial charge in [-0.15, -0.1) is 11.3 Å². The van der Waals surface area contributed by atoms with E-state index < -0.39 is 0 Å². The molecule has 1 aromatic carbocycles. The van der Waals surface area contributed by atoms with Gasteiger partial charge in [0.25, 0.3) is 0 Å². The van der Waals surface area contributed by atoms with Crippen molar-refractivity contribution in [2.75, 3.05) is 14.2 Å². The lowest BCUT2D eigenvalue weighted by molar-refractivity contribution is 0.401. The number of methoxy groups -OCH3 is 1. The minimum atomic E-state index is -0.321. The Morgan fingerprint density at radius 1 is 1.42 bits per heavy atom. The number of rotatable bonds is 4. The van der Waals surface area contributed by atoms with Crippen molar-refractivity contribution in [3.63, 3.8) is 0 Å². The van der Waals surface area contributed by atoms with Crippen LogP contribution in [-0.2, 0) is 0 Å². The lowest BCUT2D eigenvalue weighted by Gasteiger charge is -2.20. The Balaban J connectivity index is 2.55. The summed E-state index contributed by atoms with van der Waals surface area (Å²) in [6.07, 6.45) is 0. The number of nitrogens with one attached hydrogen (secondary N) is 1. The molecule has 1 aromatic heterocycles. The van der Waals surface area contributed by atoms with Crippen molar-refractivity contribution in [2.45, 2.75) is 13.0 Å². The highest BCUT2D eigenvalue weighted by atomic mass is 79.9. The normalized spacial score (nSPS) is 12.5. The molecular weight excluding hydrogens is 329 g/mol. The summed E-state index contributed by atoms with van der Waals surface area (Å²) in [6, 6.07) is 5.25. The third-order valence-corrected chi connectivity index (χ3v) is 4.73. The molecule has 0 bridgehead atoms. The highest BCUT2D eigenvalue weighted by molar-refractivity contribution is 9.10. The van der Waals surface area contributed by atoms with Gasteiger partial charge in [-0.05, 0) is 53.0 Å². The molecule has 0 saturated heterocycles. The van der Waals surface area contributed by atoms with E-state index in [1.54, 1.807) is 24.5 Å². The van der Waals surface area contributed by atoms with E-state index in [1.165, 1.54) is 16.5 Å². The molecule has 0 saturated carbocycles. The Hall–Kier alpha value is -0.910. The fourth-order valence-electron chi connectivity index (χ4n) is 2.05. The van der Waals surface area contributed by atoms with E-state index in [0.717, 1.165) is 5.56 Å². The van der Waals surface area contributed by atoms with Crippen LogP contribution in [0.1, 0.15) is 22.0 Å². The smallest absolute Gasteiger partial charge is 0.141 e. The number of benzene rings is 1. The van der Waals surface area contributed by atoms with Gasteiger partial charge in [-0.25, -0.2) is 4.39 Å². The molecule has 0 fully saturated rings. The van der Waals surface area contributed by atoms with Crippen LogP contribution in [0.25, 0.3) is 0 Å². The van der Waals surface area contributed by atoms with E-state index in [1.807, 2.05) is 7.05 Å². The summed E-state index contributed by atoms with van der Waals surface area (Å²) in [6.45, 7) is 2.07. The van der Waals surface area contributed by atoms with Gasteiger partial charge in [-0.3, -0.25) is 0 Å². The van der Waals surface area contributed by atoms with Crippen molar-refractivity contribution in [3.8, 4) is 5.75 Å². The van der Waals surface area contributed by atoms with Gasteiger partial charge in [0.2, 0.25) is 0 Å². The maximum atomic E-state index is 13.6. The van der Waals surface area contributed by atoms with Crippen LogP contribution in [0.4, 0.5) is 4.39 Å². The average molecular weight is 344 g/mol. The van der Waals surface area contributed by atoms with E-state index in [9.17, 15) is 4.39 Å². The van der Waals surface area contributed by atoms with Crippen LogP contribution in [0.2, 0.25) is 0 Å². The highest BCUT2D eigenvalue weighted by Gasteiger charge is 2.21. The van der Waals surface area contributed by atoms with Gasteiger partial charge in [0.1, 0.15) is 11.6 Å². The Morgan fingerprint density at radius 3 is 2.68 bits per heavy atom. The Morgan fingerprint density at radius 2 is 2.16 bits per heavy atom. The fourth-order valence-corrected chi connectivity index (χ4v) is 3.47. The van der Waals surface area contributed by atoms with Crippen molar-refractivity contribution in [1.29, 1.82) is 0 Å². The van der Waals surface area contributed by atoms with Crippen LogP contribution in [0.3, 0.4) is 0 Å². The molecule has 2 aromatic rings. The number of aryl methyl sites for hydroxylation is 1. The first-order valence-corrected chi connectivity index (χ1v) is 7.50. The van der Waals surface area contributed by atoms with E-state index in [2.05, 4.69) is 39.6 Å². The van der Waals surface area contributed by atoms with E-state index in [0.29, 0.717) is 10.2 Å². The summed E-state index contributed by atoms with van der Waals surface area (Å²) in [5, 5.41) is 5.33. The molecule has 1 N–H and O–H groups in total. The lowest BCUT2D eigenvalue weighted by atomic mass is 10.0. The van der Waals surface area contributed by atoms with Gasteiger partial charge in [0, 0.05) is 16.5 Å². The van der Waals surface area contributed by atoms with Crippen molar-refractivity contribution in [1.82, 2.24) is 5.32 Å². The molecule has 1 atom stereocenters. The molecule has 5 heteroatoms. The number of thiophene rings is 1. The largest absolute Gasteiger partial charge is 0.496 e. The second-order valence-electron chi connectivity index (χ2n) is 4.20. The van der Waals surface area contributed by atoms with Crippen LogP contribution in [0.15, 0.2) is 28.1 Å².